The van der Waals surface area contributed by atoms with Gasteiger partial charge in [0.1, 0.15) is 12.4 Å². The molecule has 0 N–H and O–H groups in total. The van der Waals surface area contributed by atoms with Gasteiger partial charge in [0.2, 0.25) is 0 Å². The molecule has 1 fully saturated rings. The van der Waals surface area contributed by atoms with Gasteiger partial charge in [0.05, 0.1) is 16.9 Å². The molecule has 0 radical (unpaired) electrons. The SMILES string of the molecule is Cc1ncsc1OCCN1CCN(c2ccccc2F)CC1.Cl.Cl. The Bertz CT molecular complexity index is 621. The average Bonchev–Trinajstić information content (AvgIpc) is 2.94. The van der Waals surface area contributed by atoms with E-state index in [1.165, 1.54) is 17.4 Å². The molecule has 2 heterocycles. The summed E-state index contributed by atoms with van der Waals surface area (Å²) in [5.41, 5.74) is 3.46. The third-order valence-corrected chi connectivity index (χ3v) is 4.75. The van der Waals surface area contributed by atoms with Gasteiger partial charge < -0.3 is 9.64 Å². The minimum absolute atomic E-state index is 0. The maximum Gasteiger partial charge on any atom is 0.196 e. The second-order valence-electron chi connectivity index (χ2n) is 5.35. The number of anilines is 1. The Hall–Kier alpha value is -1.08. The molecule has 1 aromatic carbocycles. The standard InChI is InChI=1S/C16H20FN3OS.2ClH/c1-13-16(22-12-18-13)21-11-10-19-6-8-20(9-7-19)15-5-3-2-4-14(15)17;;/h2-5,12H,6-11H2,1H3;2*1H. The van der Waals surface area contributed by atoms with Gasteiger partial charge >= 0.3 is 0 Å². The lowest BCUT2D eigenvalue weighted by atomic mass is 10.2. The second kappa shape index (κ2) is 10.0. The molecule has 0 atom stereocenters. The first-order valence-corrected chi connectivity index (χ1v) is 8.37. The summed E-state index contributed by atoms with van der Waals surface area (Å²) in [5.74, 6) is -0.139. The molecule has 0 aliphatic carbocycles. The van der Waals surface area contributed by atoms with Gasteiger partial charge in [-0.1, -0.05) is 23.5 Å². The molecule has 0 spiro atoms. The highest BCUT2D eigenvalue weighted by Crippen LogP contribution is 2.22. The van der Waals surface area contributed by atoms with Gasteiger partial charge in [0.25, 0.3) is 0 Å². The number of rotatable bonds is 5. The quantitative estimate of drug-likeness (QED) is 0.775. The zero-order valence-electron chi connectivity index (χ0n) is 13.5. The van der Waals surface area contributed by atoms with Gasteiger partial charge in [-0.3, -0.25) is 4.90 Å². The highest BCUT2D eigenvalue weighted by atomic mass is 35.5. The molecule has 2 aromatic rings. The summed E-state index contributed by atoms with van der Waals surface area (Å²) in [5, 5.41) is 0.907. The van der Waals surface area contributed by atoms with Gasteiger partial charge in [-0.2, -0.15) is 0 Å². The van der Waals surface area contributed by atoms with Crippen molar-refractivity contribution in [2.45, 2.75) is 6.92 Å². The summed E-state index contributed by atoms with van der Waals surface area (Å²) in [6.45, 7) is 7.07. The van der Waals surface area contributed by atoms with Crippen molar-refractivity contribution in [2.75, 3.05) is 44.2 Å². The van der Waals surface area contributed by atoms with Crippen LogP contribution >= 0.6 is 36.2 Å². The number of nitrogens with zero attached hydrogens (tertiary/aromatic N) is 3. The van der Waals surface area contributed by atoms with Crippen LogP contribution in [0.2, 0.25) is 0 Å². The normalized spacial score (nSPS) is 14.7. The Labute approximate surface area is 158 Å². The van der Waals surface area contributed by atoms with E-state index in [0.717, 1.165) is 43.5 Å². The number of piperazine rings is 1. The predicted molar refractivity (Wildman–Crippen MR) is 102 cm³/mol. The van der Waals surface area contributed by atoms with Crippen LogP contribution in [0.4, 0.5) is 10.1 Å². The first-order valence-electron chi connectivity index (χ1n) is 7.49. The van der Waals surface area contributed by atoms with Gasteiger partial charge in [0.15, 0.2) is 5.06 Å². The molecular weight excluding hydrogens is 372 g/mol. The minimum atomic E-state index is -0.139. The number of thiazole rings is 1. The van der Waals surface area contributed by atoms with E-state index in [1.54, 1.807) is 11.6 Å². The van der Waals surface area contributed by atoms with Crippen molar-refractivity contribution >= 4 is 41.8 Å². The van der Waals surface area contributed by atoms with Crippen LogP contribution < -0.4 is 9.64 Å². The van der Waals surface area contributed by atoms with E-state index in [4.69, 9.17) is 4.74 Å². The Balaban J connectivity index is 0.00000144. The number of halogens is 3. The summed E-state index contributed by atoms with van der Waals surface area (Å²) < 4.78 is 19.5. The molecule has 134 valence electrons. The summed E-state index contributed by atoms with van der Waals surface area (Å²) in [4.78, 5) is 8.64. The summed E-state index contributed by atoms with van der Waals surface area (Å²) >= 11 is 1.53. The average molecular weight is 394 g/mol. The van der Waals surface area contributed by atoms with E-state index >= 15 is 0 Å². The van der Waals surface area contributed by atoms with E-state index < -0.39 is 0 Å². The number of hydrogen-bond acceptors (Lipinski definition) is 5. The van der Waals surface area contributed by atoms with E-state index in [2.05, 4.69) is 14.8 Å². The number of ether oxygens (including phenoxy) is 1. The van der Waals surface area contributed by atoms with E-state index in [9.17, 15) is 4.39 Å². The maximum absolute atomic E-state index is 13.8. The Morgan fingerprint density at radius 1 is 1.17 bits per heavy atom. The summed E-state index contributed by atoms with van der Waals surface area (Å²) in [7, 11) is 0. The fraction of sp³-hybridized carbons (Fsp3) is 0.438. The molecule has 8 heteroatoms. The molecule has 0 saturated carbocycles. The number of para-hydroxylation sites is 1. The lowest BCUT2D eigenvalue weighted by Gasteiger charge is -2.36. The third kappa shape index (κ3) is 5.21. The van der Waals surface area contributed by atoms with E-state index in [1.807, 2.05) is 19.1 Å². The van der Waals surface area contributed by atoms with Crippen molar-refractivity contribution < 1.29 is 9.13 Å². The van der Waals surface area contributed by atoms with Crippen molar-refractivity contribution in [1.82, 2.24) is 9.88 Å². The van der Waals surface area contributed by atoms with Gasteiger partial charge in [0, 0.05) is 32.7 Å². The van der Waals surface area contributed by atoms with E-state index in [-0.39, 0.29) is 30.6 Å². The lowest BCUT2D eigenvalue weighted by Crippen LogP contribution is -2.47. The molecule has 1 aliphatic heterocycles. The fourth-order valence-corrected chi connectivity index (χ4v) is 3.30. The molecule has 0 bridgehead atoms. The van der Waals surface area contributed by atoms with Crippen molar-refractivity contribution in [3.63, 3.8) is 0 Å². The first kappa shape index (κ1) is 21.0. The Morgan fingerprint density at radius 3 is 2.50 bits per heavy atom. The largest absolute Gasteiger partial charge is 0.481 e. The maximum atomic E-state index is 13.8. The molecule has 24 heavy (non-hydrogen) atoms. The van der Waals surface area contributed by atoms with Crippen LogP contribution in [0.25, 0.3) is 0 Å². The highest BCUT2D eigenvalue weighted by molar-refractivity contribution is 7.11. The number of aryl methyl sites for hydroxylation is 1. The van der Waals surface area contributed by atoms with Gasteiger partial charge in [-0.25, -0.2) is 9.37 Å². The van der Waals surface area contributed by atoms with Crippen molar-refractivity contribution in [1.29, 1.82) is 0 Å². The second-order valence-corrected chi connectivity index (χ2v) is 6.17. The lowest BCUT2D eigenvalue weighted by molar-refractivity contribution is 0.202. The number of benzene rings is 1. The Morgan fingerprint density at radius 2 is 1.88 bits per heavy atom. The molecular formula is C16H22Cl2FN3OS. The Kier molecular flexibility index (Phi) is 8.76. The van der Waals surface area contributed by atoms with Gasteiger partial charge in [-0.05, 0) is 19.1 Å². The molecule has 1 saturated heterocycles. The van der Waals surface area contributed by atoms with Crippen LogP contribution in [0, 0.1) is 12.7 Å². The smallest absolute Gasteiger partial charge is 0.196 e. The van der Waals surface area contributed by atoms with Crippen molar-refractivity contribution in [3.05, 3.63) is 41.3 Å². The fourth-order valence-electron chi connectivity index (χ4n) is 2.62. The number of aromatic nitrogens is 1. The monoisotopic (exact) mass is 393 g/mol. The summed E-state index contributed by atoms with van der Waals surface area (Å²) in [6, 6.07) is 6.98. The third-order valence-electron chi connectivity index (χ3n) is 3.91. The zero-order valence-corrected chi connectivity index (χ0v) is 15.9. The topological polar surface area (TPSA) is 28.6 Å². The van der Waals surface area contributed by atoms with Crippen LogP contribution in [0.5, 0.6) is 5.06 Å². The van der Waals surface area contributed by atoms with Gasteiger partial charge in [-0.15, -0.1) is 24.8 Å². The van der Waals surface area contributed by atoms with Crippen molar-refractivity contribution in [3.8, 4) is 5.06 Å². The minimum Gasteiger partial charge on any atom is -0.481 e. The molecule has 0 amide bonds. The predicted octanol–water partition coefficient (Wildman–Crippen LogP) is 3.64. The van der Waals surface area contributed by atoms with E-state index in [0.29, 0.717) is 12.3 Å². The van der Waals surface area contributed by atoms with Crippen LogP contribution in [0.15, 0.2) is 29.8 Å². The van der Waals surface area contributed by atoms with Crippen LogP contribution in [-0.2, 0) is 0 Å². The highest BCUT2D eigenvalue weighted by Gasteiger charge is 2.19. The molecule has 1 aromatic heterocycles. The summed E-state index contributed by atoms with van der Waals surface area (Å²) in [6.07, 6.45) is 0. The first-order chi connectivity index (χ1) is 10.7. The van der Waals surface area contributed by atoms with Crippen molar-refractivity contribution in [2.24, 2.45) is 0 Å². The molecule has 3 rings (SSSR count). The zero-order chi connectivity index (χ0) is 15.4. The van der Waals surface area contributed by atoms with Crippen LogP contribution in [0.3, 0.4) is 0 Å². The molecule has 1 aliphatic rings. The van der Waals surface area contributed by atoms with Crippen LogP contribution in [0.1, 0.15) is 5.69 Å². The molecule has 4 nitrogen and oxygen atoms in total. The molecule has 0 unspecified atom stereocenters. The number of hydrogen-bond donors (Lipinski definition) is 0. The van der Waals surface area contributed by atoms with Crippen LogP contribution in [-0.4, -0.2) is 49.2 Å².